The second-order valence-electron chi connectivity index (χ2n) is 6.28. The fraction of sp³-hybridized carbons (Fsp3) is 0.556. The zero-order chi connectivity index (χ0) is 16.7. The number of carbonyl (C=O) groups excluding carboxylic acids is 2. The monoisotopic (exact) mass is 317 g/mol. The molecule has 2 rings (SSSR count). The number of piperidine rings is 1. The lowest BCUT2D eigenvalue weighted by Gasteiger charge is -2.32. The van der Waals surface area contributed by atoms with Crippen LogP contribution >= 0.6 is 0 Å². The summed E-state index contributed by atoms with van der Waals surface area (Å²) < 4.78 is 0. The third kappa shape index (κ3) is 5.36. The van der Waals surface area contributed by atoms with Gasteiger partial charge in [0.25, 0.3) is 0 Å². The first-order valence-electron chi connectivity index (χ1n) is 8.37. The van der Waals surface area contributed by atoms with Gasteiger partial charge in [0.05, 0.1) is 12.3 Å². The maximum atomic E-state index is 12.4. The number of amides is 2. The van der Waals surface area contributed by atoms with E-state index in [4.69, 9.17) is 0 Å². The van der Waals surface area contributed by atoms with Gasteiger partial charge in [0.15, 0.2) is 0 Å². The van der Waals surface area contributed by atoms with E-state index in [1.54, 1.807) is 0 Å². The van der Waals surface area contributed by atoms with Crippen LogP contribution in [0, 0.1) is 5.92 Å². The van der Waals surface area contributed by atoms with E-state index in [-0.39, 0.29) is 23.8 Å². The SMILES string of the molecule is CNC(C)CNC(=O)C1CCCN(C(=O)Cc2ccccc2)C1. The van der Waals surface area contributed by atoms with Gasteiger partial charge in [-0.25, -0.2) is 0 Å². The summed E-state index contributed by atoms with van der Waals surface area (Å²) in [7, 11) is 1.88. The van der Waals surface area contributed by atoms with Crippen LogP contribution < -0.4 is 10.6 Å². The van der Waals surface area contributed by atoms with Crippen LogP contribution in [0.15, 0.2) is 30.3 Å². The van der Waals surface area contributed by atoms with E-state index in [1.165, 1.54) is 0 Å². The molecule has 2 N–H and O–H groups in total. The van der Waals surface area contributed by atoms with Gasteiger partial charge in [-0.05, 0) is 32.4 Å². The Morgan fingerprint density at radius 1 is 1.30 bits per heavy atom. The van der Waals surface area contributed by atoms with E-state index in [0.29, 0.717) is 19.5 Å². The molecule has 0 aliphatic carbocycles. The molecular formula is C18H27N3O2. The largest absolute Gasteiger partial charge is 0.354 e. The Morgan fingerprint density at radius 2 is 2.04 bits per heavy atom. The predicted molar refractivity (Wildman–Crippen MR) is 91.0 cm³/mol. The first kappa shape index (κ1) is 17.5. The number of hydrogen-bond donors (Lipinski definition) is 2. The van der Waals surface area contributed by atoms with E-state index in [9.17, 15) is 9.59 Å². The molecule has 1 aliphatic heterocycles. The van der Waals surface area contributed by atoms with E-state index in [0.717, 1.165) is 24.9 Å². The Morgan fingerprint density at radius 3 is 2.74 bits per heavy atom. The van der Waals surface area contributed by atoms with Crippen LogP contribution in [0.1, 0.15) is 25.3 Å². The molecule has 0 aromatic heterocycles. The lowest BCUT2D eigenvalue weighted by atomic mass is 9.96. The van der Waals surface area contributed by atoms with Gasteiger partial charge in [-0.2, -0.15) is 0 Å². The molecule has 2 atom stereocenters. The van der Waals surface area contributed by atoms with Gasteiger partial charge in [-0.1, -0.05) is 30.3 Å². The minimum Gasteiger partial charge on any atom is -0.354 e. The minimum atomic E-state index is -0.0903. The molecule has 0 radical (unpaired) electrons. The second-order valence-corrected chi connectivity index (χ2v) is 6.28. The number of carbonyl (C=O) groups is 2. The summed E-state index contributed by atoms with van der Waals surface area (Å²) in [6.45, 7) is 3.93. The number of likely N-dealkylation sites (N-methyl/N-ethyl adjacent to an activating group) is 1. The van der Waals surface area contributed by atoms with E-state index in [2.05, 4.69) is 10.6 Å². The maximum Gasteiger partial charge on any atom is 0.227 e. The molecule has 5 nitrogen and oxygen atoms in total. The maximum absolute atomic E-state index is 12.4. The first-order chi connectivity index (χ1) is 11.1. The number of likely N-dealkylation sites (tertiary alicyclic amines) is 1. The fourth-order valence-corrected chi connectivity index (χ4v) is 2.80. The summed E-state index contributed by atoms with van der Waals surface area (Å²) >= 11 is 0. The Labute approximate surface area is 138 Å². The molecule has 0 saturated carbocycles. The van der Waals surface area contributed by atoms with Crippen molar-refractivity contribution in [2.45, 2.75) is 32.2 Å². The molecule has 1 aromatic carbocycles. The van der Waals surface area contributed by atoms with Gasteiger partial charge < -0.3 is 15.5 Å². The van der Waals surface area contributed by atoms with Gasteiger partial charge in [0.1, 0.15) is 0 Å². The highest BCUT2D eigenvalue weighted by Gasteiger charge is 2.28. The van der Waals surface area contributed by atoms with Crippen molar-refractivity contribution < 1.29 is 9.59 Å². The molecule has 0 spiro atoms. The lowest BCUT2D eigenvalue weighted by Crippen LogP contribution is -2.47. The van der Waals surface area contributed by atoms with Crippen molar-refractivity contribution in [1.82, 2.24) is 15.5 Å². The van der Waals surface area contributed by atoms with Crippen molar-refractivity contribution in [2.75, 3.05) is 26.7 Å². The highest BCUT2D eigenvalue weighted by atomic mass is 16.2. The number of hydrogen-bond acceptors (Lipinski definition) is 3. The smallest absolute Gasteiger partial charge is 0.227 e. The topological polar surface area (TPSA) is 61.4 Å². The average Bonchev–Trinajstić information content (AvgIpc) is 2.60. The quantitative estimate of drug-likeness (QED) is 0.828. The summed E-state index contributed by atoms with van der Waals surface area (Å²) in [4.78, 5) is 26.5. The summed E-state index contributed by atoms with van der Waals surface area (Å²) in [5.41, 5.74) is 1.02. The third-order valence-electron chi connectivity index (χ3n) is 4.42. The molecule has 1 aromatic rings. The van der Waals surface area contributed by atoms with Crippen LogP contribution in [0.3, 0.4) is 0 Å². The van der Waals surface area contributed by atoms with Crippen LogP contribution in [-0.4, -0.2) is 49.4 Å². The molecule has 1 heterocycles. The molecular weight excluding hydrogens is 290 g/mol. The molecule has 1 saturated heterocycles. The number of nitrogens with zero attached hydrogens (tertiary/aromatic N) is 1. The molecule has 1 aliphatic rings. The summed E-state index contributed by atoms with van der Waals surface area (Å²) in [6, 6.07) is 10.0. The first-order valence-corrected chi connectivity index (χ1v) is 8.37. The Hall–Kier alpha value is -1.88. The second kappa shape index (κ2) is 8.67. The predicted octanol–water partition coefficient (Wildman–Crippen LogP) is 1.19. The standard InChI is InChI=1S/C18H27N3O2/c1-14(19-2)12-20-18(23)16-9-6-10-21(13-16)17(22)11-15-7-4-3-5-8-15/h3-5,7-8,14,16,19H,6,9-13H2,1-2H3,(H,20,23). The Kier molecular flexibility index (Phi) is 6.59. The van der Waals surface area contributed by atoms with Crippen molar-refractivity contribution >= 4 is 11.8 Å². The average molecular weight is 317 g/mol. The zero-order valence-electron chi connectivity index (χ0n) is 14.0. The van der Waals surface area contributed by atoms with Gasteiger partial charge >= 0.3 is 0 Å². The van der Waals surface area contributed by atoms with Crippen molar-refractivity contribution in [3.05, 3.63) is 35.9 Å². The zero-order valence-corrected chi connectivity index (χ0v) is 14.0. The summed E-state index contributed by atoms with van der Waals surface area (Å²) in [5.74, 6) is 0.0779. The summed E-state index contributed by atoms with van der Waals surface area (Å²) in [5, 5.41) is 6.07. The molecule has 1 fully saturated rings. The number of nitrogens with one attached hydrogen (secondary N) is 2. The normalized spacial score (nSPS) is 19.2. The number of benzene rings is 1. The molecule has 2 amide bonds. The van der Waals surface area contributed by atoms with Crippen molar-refractivity contribution in [1.29, 1.82) is 0 Å². The van der Waals surface area contributed by atoms with Crippen LogP contribution in [0.5, 0.6) is 0 Å². The van der Waals surface area contributed by atoms with E-state index >= 15 is 0 Å². The highest BCUT2D eigenvalue weighted by molar-refractivity contribution is 5.82. The van der Waals surface area contributed by atoms with Gasteiger partial charge in [-0.3, -0.25) is 9.59 Å². The van der Waals surface area contributed by atoms with E-state index < -0.39 is 0 Å². The fourth-order valence-electron chi connectivity index (χ4n) is 2.80. The van der Waals surface area contributed by atoms with Gasteiger partial charge in [-0.15, -0.1) is 0 Å². The molecule has 23 heavy (non-hydrogen) atoms. The van der Waals surface area contributed by atoms with Crippen LogP contribution in [0.2, 0.25) is 0 Å². The summed E-state index contributed by atoms with van der Waals surface area (Å²) in [6.07, 6.45) is 2.15. The van der Waals surface area contributed by atoms with Crippen molar-refractivity contribution in [2.24, 2.45) is 5.92 Å². The Bertz CT molecular complexity index is 518. The molecule has 0 bridgehead atoms. The van der Waals surface area contributed by atoms with E-state index in [1.807, 2.05) is 49.2 Å². The Balaban J connectivity index is 1.85. The number of rotatable bonds is 6. The molecule has 126 valence electrons. The van der Waals surface area contributed by atoms with Crippen molar-refractivity contribution in [3.8, 4) is 0 Å². The van der Waals surface area contributed by atoms with Gasteiger partial charge in [0.2, 0.25) is 11.8 Å². The van der Waals surface area contributed by atoms with Gasteiger partial charge in [0, 0.05) is 25.7 Å². The van der Waals surface area contributed by atoms with Crippen LogP contribution in [0.4, 0.5) is 0 Å². The third-order valence-corrected chi connectivity index (χ3v) is 4.42. The van der Waals surface area contributed by atoms with Crippen molar-refractivity contribution in [3.63, 3.8) is 0 Å². The van der Waals surface area contributed by atoms with Crippen LogP contribution in [0.25, 0.3) is 0 Å². The minimum absolute atomic E-state index is 0.0595. The highest BCUT2D eigenvalue weighted by Crippen LogP contribution is 2.18. The lowest BCUT2D eigenvalue weighted by molar-refractivity contribution is -0.135. The van der Waals surface area contributed by atoms with Crippen LogP contribution in [-0.2, 0) is 16.0 Å². The molecule has 2 unspecified atom stereocenters. The molecule has 5 heteroatoms.